The van der Waals surface area contributed by atoms with E-state index in [4.69, 9.17) is 14.3 Å². The normalized spacial score (nSPS) is 15.5. The zero-order chi connectivity index (χ0) is 18.6. The minimum Gasteiger partial charge on any atom is -0.492 e. The van der Waals surface area contributed by atoms with E-state index in [-0.39, 0.29) is 6.04 Å². The summed E-state index contributed by atoms with van der Waals surface area (Å²) in [6.07, 6.45) is 0. The second kappa shape index (κ2) is 7.53. The molecule has 138 valence electrons. The maximum Gasteiger partial charge on any atom is 0.197 e. The van der Waals surface area contributed by atoms with Gasteiger partial charge in [-0.2, -0.15) is 0 Å². The average Bonchev–Trinajstić information content (AvgIpc) is 3.03. The number of aromatic nitrogens is 1. The number of hydrogen-bond donors (Lipinski definition) is 2. The first kappa shape index (κ1) is 17.1. The Kier molecular flexibility index (Phi) is 4.78. The SMILES string of the molecule is Cc1noc(C)c1C1NC(NCCOc2ccccc2)=Nc2ccccc21. The van der Waals surface area contributed by atoms with E-state index in [0.29, 0.717) is 13.2 Å². The van der Waals surface area contributed by atoms with Crippen LogP contribution in [0.2, 0.25) is 0 Å². The zero-order valence-electron chi connectivity index (χ0n) is 15.4. The Labute approximate surface area is 158 Å². The minimum atomic E-state index is -0.0532. The van der Waals surface area contributed by atoms with Crippen LogP contribution in [0.15, 0.2) is 64.1 Å². The van der Waals surface area contributed by atoms with Gasteiger partial charge in [-0.3, -0.25) is 0 Å². The molecule has 6 nitrogen and oxygen atoms in total. The lowest BCUT2D eigenvalue weighted by Gasteiger charge is -2.27. The molecular formula is C21H22N4O2. The lowest BCUT2D eigenvalue weighted by Crippen LogP contribution is -2.43. The highest BCUT2D eigenvalue weighted by Crippen LogP contribution is 2.35. The fourth-order valence-electron chi connectivity index (χ4n) is 3.28. The van der Waals surface area contributed by atoms with Gasteiger partial charge in [0, 0.05) is 11.1 Å². The average molecular weight is 362 g/mol. The van der Waals surface area contributed by atoms with Gasteiger partial charge in [0.05, 0.1) is 24.0 Å². The Morgan fingerprint density at radius 2 is 1.85 bits per heavy atom. The number of hydrogen-bond acceptors (Lipinski definition) is 6. The van der Waals surface area contributed by atoms with Crippen molar-refractivity contribution in [2.75, 3.05) is 13.2 Å². The fraction of sp³-hybridized carbons (Fsp3) is 0.238. The van der Waals surface area contributed by atoms with Gasteiger partial charge in [0.25, 0.3) is 0 Å². The van der Waals surface area contributed by atoms with Crippen LogP contribution in [0.3, 0.4) is 0 Å². The molecule has 0 saturated heterocycles. The summed E-state index contributed by atoms with van der Waals surface area (Å²) in [5.41, 5.74) is 3.98. The van der Waals surface area contributed by atoms with Crippen molar-refractivity contribution < 1.29 is 9.26 Å². The third-order valence-corrected chi connectivity index (χ3v) is 4.54. The summed E-state index contributed by atoms with van der Waals surface area (Å²) >= 11 is 0. The molecule has 3 aromatic rings. The van der Waals surface area contributed by atoms with Gasteiger partial charge in [0.1, 0.15) is 18.1 Å². The van der Waals surface area contributed by atoms with E-state index in [1.54, 1.807) is 0 Å². The summed E-state index contributed by atoms with van der Waals surface area (Å²) < 4.78 is 11.1. The van der Waals surface area contributed by atoms with Crippen molar-refractivity contribution in [3.63, 3.8) is 0 Å². The van der Waals surface area contributed by atoms with Gasteiger partial charge in [-0.05, 0) is 32.0 Å². The van der Waals surface area contributed by atoms with Gasteiger partial charge >= 0.3 is 0 Å². The predicted molar refractivity (Wildman–Crippen MR) is 104 cm³/mol. The van der Waals surface area contributed by atoms with E-state index < -0.39 is 0 Å². The van der Waals surface area contributed by atoms with Crippen LogP contribution in [-0.4, -0.2) is 24.3 Å². The molecule has 0 saturated carbocycles. The van der Waals surface area contributed by atoms with Gasteiger partial charge in [-0.1, -0.05) is 41.6 Å². The van der Waals surface area contributed by atoms with Crippen molar-refractivity contribution in [1.82, 2.24) is 15.8 Å². The van der Waals surface area contributed by atoms with Crippen LogP contribution < -0.4 is 15.4 Å². The van der Waals surface area contributed by atoms with E-state index in [9.17, 15) is 0 Å². The number of nitrogens with one attached hydrogen (secondary N) is 2. The number of para-hydroxylation sites is 2. The highest BCUT2D eigenvalue weighted by Gasteiger charge is 2.28. The molecule has 2 N–H and O–H groups in total. The number of rotatable bonds is 5. The van der Waals surface area contributed by atoms with E-state index >= 15 is 0 Å². The molecular weight excluding hydrogens is 340 g/mol. The largest absolute Gasteiger partial charge is 0.492 e. The maximum absolute atomic E-state index is 5.73. The smallest absolute Gasteiger partial charge is 0.197 e. The van der Waals surface area contributed by atoms with Crippen molar-refractivity contribution in [3.8, 4) is 5.75 Å². The number of guanidine groups is 1. The molecule has 1 aliphatic heterocycles. The monoisotopic (exact) mass is 362 g/mol. The quantitative estimate of drug-likeness (QED) is 0.678. The third kappa shape index (κ3) is 3.65. The Bertz CT molecular complexity index is 930. The number of aryl methyl sites for hydroxylation is 2. The van der Waals surface area contributed by atoms with Crippen molar-refractivity contribution in [2.45, 2.75) is 19.9 Å². The first-order valence-electron chi connectivity index (χ1n) is 9.01. The van der Waals surface area contributed by atoms with E-state index in [2.05, 4.69) is 21.9 Å². The molecule has 6 heteroatoms. The highest BCUT2D eigenvalue weighted by atomic mass is 16.5. The molecule has 2 heterocycles. The van der Waals surface area contributed by atoms with Crippen molar-refractivity contribution in [3.05, 3.63) is 77.2 Å². The van der Waals surface area contributed by atoms with E-state index in [1.807, 2.05) is 62.4 Å². The summed E-state index contributed by atoms with van der Waals surface area (Å²) in [6, 6.07) is 17.8. The number of fused-ring (bicyclic) bond motifs is 1. The molecule has 0 aliphatic carbocycles. The third-order valence-electron chi connectivity index (χ3n) is 4.54. The molecule has 1 aromatic heterocycles. The topological polar surface area (TPSA) is 71.7 Å². The maximum atomic E-state index is 5.73. The zero-order valence-corrected chi connectivity index (χ0v) is 15.4. The second-order valence-electron chi connectivity index (χ2n) is 6.42. The Hall–Kier alpha value is -3.28. The number of aliphatic imine (C=N–C) groups is 1. The Morgan fingerprint density at radius 1 is 1.07 bits per heavy atom. The van der Waals surface area contributed by atoms with Gasteiger partial charge in [0.15, 0.2) is 5.96 Å². The van der Waals surface area contributed by atoms with Crippen molar-refractivity contribution in [2.24, 2.45) is 4.99 Å². The second-order valence-corrected chi connectivity index (χ2v) is 6.42. The Balaban J connectivity index is 1.48. The Morgan fingerprint density at radius 3 is 2.63 bits per heavy atom. The van der Waals surface area contributed by atoms with Crippen LogP contribution >= 0.6 is 0 Å². The summed E-state index contributed by atoms with van der Waals surface area (Å²) in [4.78, 5) is 4.70. The molecule has 1 unspecified atom stereocenters. The van der Waals surface area contributed by atoms with Gasteiger partial charge < -0.3 is 19.9 Å². The number of benzene rings is 2. The molecule has 2 aromatic carbocycles. The molecule has 27 heavy (non-hydrogen) atoms. The summed E-state index contributed by atoms with van der Waals surface area (Å²) in [7, 11) is 0. The minimum absolute atomic E-state index is 0.0532. The molecule has 4 rings (SSSR count). The summed E-state index contributed by atoms with van der Waals surface area (Å²) in [5, 5.41) is 10.9. The van der Waals surface area contributed by atoms with Gasteiger partial charge in [-0.15, -0.1) is 0 Å². The lowest BCUT2D eigenvalue weighted by atomic mass is 9.95. The van der Waals surface area contributed by atoms with Gasteiger partial charge in [0.2, 0.25) is 0 Å². The molecule has 0 bridgehead atoms. The van der Waals surface area contributed by atoms with Crippen molar-refractivity contribution >= 4 is 11.6 Å². The molecule has 0 radical (unpaired) electrons. The van der Waals surface area contributed by atoms with Crippen molar-refractivity contribution in [1.29, 1.82) is 0 Å². The number of nitrogens with zero attached hydrogens (tertiary/aromatic N) is 2. The fourth-order valence-corrected chi connectivity index (χ4v) is 3.28. The molecule has 0 fully saturated rings. The molecule has 1 atom stereocenters. The standard InChI is InChI=1S/C21H22N4O2/c1-14-19(15(2)27-25-14)20-17-10-6-7-11-18(17)23-21(24-20)22-12-13-26-16-8-4-3-5-9-16/h3-11,20H,12-13H2,1-2H3,(H2,22,23,24). The summed E-state index contributed by atoms with van der Waals surface area (Å²) in [6.45, 7) is 5.08. The first-order valence-corrected chi connectivity index (χ1v) is 9.01. The first-order chi connectivity index (χ1) is 13.2. The van der Waals surface area contributed by atoms with Crippen LogP contribution in [0.5, 0.6) is 5.75 Å². The van der Waals surface area contributed by atoms with Crippen LogP contribution in [0.1, 0.15) is 28.6 Å². The lowest BCUT2D eigenvalue weighted by molar-refractivity contribution is 0.321. The van der Waals surface area contributed by atoms with E-state index in [0.717, 1.165) is 40.0 Å². The van der Waals surface area contributed by atoms with Gasteiger partial charge in [-0.25, -0.2) is 4.99 Å². The molecule has 0 spiro atoms. The summed E-state index contributed by atoms with van der Waals surface area (Å²) in [5.74, 6) is 2.39. The van der Waals surface area contributed by atoms with Crippen LogP contribution in [-0.2, 0) is 0 Å². The van der Waals surface area contributed by atoms with Crippen LogP contribution in [0.4, 0.5) is 5.69 Å². The molecule has 1 aliphatic rings. The van der Waals surface area contributed by atoms with E-state index in [1.165, 1.54) is 0 Å². The van der Waals surface area contributed by atoms with Crippen LogP contribution in [0.25, 0.3) is 0 Å². The van der Waals surface area contributed by atoms with Crippen LogP contribution in [0, 0.1) is 13.8 Å². The highest BCUT2D eigenvalue weighted by molar-refractivity contribution is 5.86. The number of ether oxygens (including phenoxy) is 1. The molecule has 0 amide bonds. The predicted octanol–water partition coefficient (Wildman–Crippen LogP) is 3.64.